The van der Waals surface area contributed by atoms with E-state index in [9.17, 15) is 26.3 Å². The molecule has 10 heteroatoms. The molecule has 0 heterocycles. The van der Waals surface area contributed by atoms with Crippen LogP contribution in [0.15, 0.2) is 52.7 Å². The van der Waals surface area contributed by atoms with Gasteiger partial charge in [-0.1, -0.05) is 13.8 Å². The molecule has 0 amide bonds. The van der Waals surface area contributed by atoms with Gasteiger partial charge in [0.15, 0.2) is 0 Å². The van der Waals surface area contributed by atoms with Gasteiger partial charge in [-0.2, -0.15) is 10.2 Å². The van der Waals surface area contributed by atoms with E-state index < -0.39 is 18.5 Å². The molecule has 0 aliphatic rings. The summed E-state index contributed by atoms with van der Waals surface area (Å²) < 4.78 is 82.3. The Hall–Kier alpha value is -2.78. The molecule has 0 atom stereocenters. The molecule has 0 N–H and O–H groups in total. The molecule has 2 aromatic carbocycles. The SMILES string of the molecule is CCC(CC)c1cc(N=Nc2ccc(OC(F)(F)F)cc2)ccc1OC(F)(F)F. The number of hydrogen-bond acceptors (Lipinski definition) is 4. The van der Waals surface area contributed by atoms with Gasteiger partial charge in [0.25, 0.3) is 0 Å². The van der Waals surface area contributed by atoms with Gasteiger partial charge in [-0.25, -0.2) is 0 Å². The maximum atomic E-state index is 12.7. The minimum Gasteiger partial charge on any atom is -0.406 e. The van der Waals surface area contributed by atoms with Gasteiger partial charge >= 0.3 is 12.7 Å². The average Bonchev–Trinajstić information content (AvgIpc) is 2.61. The average molecular weight is 420 g/mol. The molecule has 0 saturated carbocycles. The number of benzene rings is 2. The molecule has 0 fully saturated rings. The smallest absolute Gasteiger partial charge is 0.406 e. The lowest BCUT2D eigenvalue weighted by atomic mass is 9.93. The van der Waals surface area contributed by atoms with Crippen molar-refractivity contribution in [1.29, 1.82) is 0 Å². The van der Waals surface area contributed by atoms with Crippen LogP contribution in [-0.2, 0) is 0 Å². The highest BCUT2D eigenvalue weighted by Gasteiger charge is 2.33. The van der Waals surface area contributed by atoms with Crippen molar-refractivity contribution in [2.24, 2.45) is 10.2 Å². The molecule has 2 aromatic rings. The summed E-state index contributed by atoms with van der Waals surface area (Å²) in [6.45, 7) is 3.70. The molecule has 0 aliphatic carbocycles. The van der Waals surface area contributed by atoms with Crippen LogP contribution < -0.4 is 9.47 Å². The predicted octanol–water partition coefficient (Wildman–Crippen LogP) is 7.80. The first-order valence-corrected chi connectivity index (χ1v) is 8.68. The Morgan fingerprint density at radius 3 is 1.79 bits per heavy atom. The molecule has 2 rings (SSSR count). The molecular weight excluding hydrogens is 402 g/mol. The summed E-state index contributed by atoms with van der Waals surface area (Å²) in [5.41, 5.74) is 0.897. The quantitative estimate of drug-likeness (QED) is 0.339. The maximum absolute atomic E-state index is 12.7. The number of halogens is 6. The van der Waals surface area contributed by atoms with Crippen molar-refractivity contribution in [3.05, 3.63) is 48.0 Å². The van der Waals surface area contributed by atoms with Gasteiger partial charge < -0.3 is 9.47 Å². The predicted molar refractivity (Wildman–Crippen MR) is 93.7 cm³/mol. The van der Waals surface area contributed by atoms with Gasteiger partial charge in [-0.05, 0) is 66.8 Å². The molecule has 0 unspecified atom stereocenters. The van der Waals surface area contributed by atoms with Crippen LogP contribution in [0.4, 0.5) is 37.7 Å². The summed E-state index contributed by atoms with van der Waals surface area (Å²) in [7, 11) is 0. The van der Waals surface area contributed by atoms with Crippen molar-refractivity contribution in [2.45, 2.75) is 45.3 Å². The van der Waals surface area contributed by atoms with Gasteiger partial charge in [0.2, 0.25) is 0 Å². The van der Waals surface area contributed by atoms with Gasteiger partial charge in [-0.15, -0.1) is 26.3 Å². The zero-order valence-corrected chi connectivity index (χ0v) is 15.5. The number of rotatable bonds is 7. The minimum absolute atomic E-state index is 0.165. The van der Waals surface area contributed by atoms with Crippen LogP contribution in [0.3, 0.4) is 0 Å². The van der Waals surface area contributed by atoms with E-state index in [1.54, 1.807) is 0 Å². The maximum Gasteiger partial charge on any atom is 0.573 e. The standard InChI is InChI=1S/C19H18F6N2O2/c1-3-12(4-2)16-11-14(7-10-17(16)29-19(23,24)25)27-26-13-5-8-15(9-6-13)28-18(20,21)22/h5-12H,3-4H2,1-2H3. The minimum atomic E-state index is -4.82. The fourth-order valence-corrected chi connectivity index (χ4v) is 2.69. The fourth-order valence-electron chi connectivity index (χ4n) is 2.69. The monoisotopic (exact) mass is 420 g/mol. The van der Waals surface area contributed by atoms with E-state index in [0.717, 1.165) is 12.1 Å². The van der Waals surface area contributed by atoms with E-state index in [0.29, 0.717) is 18.4 Å². The number of nitrogens with zero attached hydrogens (tertiary/aromatic N) is 2. The lowest BCUT2D eigenvalue weighted by Crippen LogP contribution is -2.18. The molecular formula is C19H18F6N2O2. The molecule has 4 nitrogen and oxygen atoms in total. The van der Waals surface area contributed by atoms with E-state index in [4.69, 9.17) is 0 Å². The van der Waals surface area contributed by atoms with Crippen molar-refractivity contribution in [1.82, 2.24) is 0 Å². The summed E-state index contributed by atoms with van der Waals surface area (Å²) >= 11 is 0. The first-order valence-electron chi connectivity index (χ1n) is 8.68. The van der Waals surface area contributed by atoms with E-state index in [2.05, 4.69) is 19.7 Å². The van der Waals surface area contributed by atoms with Crippen LogP contribution in [0.25, 0.3) is 0 Å². The highest BCUT2D eigenvalue weighted by molar-refractivity contribution is 5.49. The van der Waals surface area contributed by atoms with Crippen LogP contribution >= 0.6 is 0 Å². The summed E-state index contributed by atoms with van der Waals surface area (Å²) in [6, 6.07) is 8.66. The first kappa shape index (κ1) is 22.5. The Morgan fingerprint density at radius 1 is 0.759 bits per heavy atom. The highest BCUT2D eigenvalue weighted by Crippen LogP contribution is 2.37. The van der Waals surface area contributed by atoms with Crippen LogP contribution in [0.5, 0.6) is 11.5 Å². The summed E-state index contributed by atoms with van der Waals surface area (Å²) in [4.78, 5) is 0. The Balaban J connectivity index is 2.24. The lowest BCUT2D eigenvalue weighted by molar-refractivity contribution is -0.275. The molecule has 0 bridgehead atoms. The number of alkyl halides is 6. The van der Waals surface area contributed by atoms with Gasteiger partial charge in [0.05, 0.1) is 11.4 Å². The summed E-state index contributed by atoms with van der Waals surface area (Å²) in [5.74, 6) is -0.860. The third-order valence-corrected chi connectivity index (χ3v) is 4.00. The van der Waals surface area contributed by atoms with Crippen molar-refractivity contribution < 1.29 is 35.8 Å². The fraction of sp³-hybridized carbons (Fsp3) is 0.368. The molecule has 29 heavy (non-hydrogen) atoms. The van der Waals surface area contributed by atoms with Crippen molar-refractivity contribution in [3.63, 3.8) is 0 Å². The van der Waals surface area contributed by atoms with Crippen LogP contribution in [0.1, 0.15) is 38.2 Å². The van der Waals surface area contributed by atoms with Crippen molar-refractivity contribution >= 4 is 11.4 Å². The molecule has 0 radical (unpaired) electrons. The van der Waals surface area contributed by atoms with Crippen LogP contribution in [0.2, 0.25) is 0 Å². The first-order chi connectivity index (χ1) is 13.5. The summed E-state index contributed by atoms with van der Waals surface area (Å²) in [6.07, 6.45) is -8.41. The zero-order chi connectivity index (χ0) is 21.7. The van der Waals surface area contributed by atoms with E-state index in [1.807, 2.05) is 13.8 Å². The Labute approximate surface area is 163 Å². The Bertz CT molecular complexity index is 828. The van der Waals surface area contributed by atoms with Crippen molar-refractivity contribution in [3.8, 4) is 11.5 Å². The van der Waals surface area contributed by atoms with Gasteiger partial charge in [0, 0.05) is 0 Å². The zero-order valence-electron chi connectivity index (χ0n) is 15.5. The molecule has 0 aromatic heterocycles. The third-order valence-electron chi connectivity index (χ3n) is 4.00. The molecule has 0 aliphatic heterocycles. The van der Waals surface area contributed by atoms with E-state index >= 15 is 0 Å². The number of ether oxygens (including phenoxy) is 2. The highest BCUT2D eigenvalue weighted by atomic mass is 19.4. The van der Waals surface area contributed by atoms with Gasteiger partial charge in [-0.3, -0.25) is 0 Å². The normalized spacial score (nSPS) is 12.6. The second-order valence-corrected chi connectivity index (χ2v) is 6.03. The topological polar surface area (TPSA) is 43.2 Å². The molecule has 0 spiro atoms. The lowest BCUT2D eigenvalue weighted by Gasteiger charge is -2.19. The molecule has 0 saturated heterocycles. The van der Waals surface area contributed by atoms with E-state index in [-0.39, 0.29) is 23.0 Å². The second-order valence-electron chi connectivity index (χ2n) is 6.03. The largest absolute Gasteiger partial charge is 0.573 e. The van der Waals surface area contributed by atoms with E-state index in [1.165, 1.54) is 30.3 Å². The van der Waals surface area contributed by atoms with Crippen molar-refractivity contribution in [2.75, 3.05) is 0 Å². The van der Waals surface area contributed by atoms with Gasteiger partial charge in [0.1, 0.15) is 11.5 Å². The van der Waals surface area contributed by atoms with Crippen LogP contribution in [-0.4, -0.2) is 12.7 Å². The van der Waals surface area contributed by atoms with Crippen LogP contribution in [0, 0.1) is 0 Å². The Morgan fingerprint density at radius 2 is 1.28 bits per heavy atom. The molecule has 158 valence electrons. The Kier molecular flexibility index (Phi) is 7.10. The second kappa shape index (κ2) is 9.15. The third kappa shape index (κ3) is 7.28. The number of hydrogen-bond donors (Lipinski definition) is 0. The number of azo groups is 1. The summed E-state index contributed by atoms with van der Waals surface area (Å²) in [5, 5.41) is 7.85.